The number of hydrogen-bond donors (Lipinski definition) is 1. The van der Waals surface area contributed by atoms with Crippen molar-refractivity contribution in [1.82, 2.24) is 5.32 Å². The van der Waals surface area contributed by atoms with Crippen molar-refractivity contribution in [2.75, 3.05) is 25.2 Å². The first-order chi connectivity index (χ1) is 8.22. The number of carbonyl (C=O) groups excluding carboxylic acids is 1. The quantitative estimate of drug-likeness (QED) is 0.835. The third kappa shape index (κ3) is 2.65. The predicted octanol–water partition coefficient (Wildman–Crippen LogP) is 1.16. The van der Waals surface area contributed by atoms with Crippen molar-refractivity contribution in [2.45, 2.75) is 19.5 Å². The summed E-state index contributed by atoms with van der Waals surface area (Å²) in [7, 11) is 1.54. The molecule has 1 aliphatic rings. The van der Waals surface area contributed by atoms with Gasteiger partial charge in [-0.25, -0.2) is 0 Å². The van der Waals surface area contributed by atoms with Gasteiger partial charge in [-0.05, 0) is 18.6 Å². The van der Waals surface area contributed by atoms with Crippen molar-refractivity contribution in [3.8, 4) is 0 Å². The lowest BCUT2D eigenvalue weighted by atomic mass is 10.1. The molecule has 1 unspecified atom stereocenters. The SMILES string of the molecule is COCC(=O)N1CC(C)NCc2ccccc21. The number of benzene rings is 1. The Labute approximate surface area is 102 Å². The molecule has 1 aromatic carbocycles. The highest BCUT2D eigenvalue weighted by atomic mass is 16.5. The third-order valence-electron chi connectivity index (χ3n) is 2.95. The van der Waals surface area contributed by atoms with E-state index < -0.39 is 0 Å². The van der Waals surface area contributed by atoms with Crippen LogP contribution in [0, 0.1) is 0 Å². The van der Waals surface area contributed by atoms with E-state index in [9.17, 15) is 4.79 Å². The number of nitrogens with one attached hydrogen (secondary N) is 1. The summed E-state index contributed by atoms with van der Waals surface area (Å²) in [5, 5.41) is 3.39. The van der Waals surface area contributed by atoms with E-state index in [0.29, 0.717) is 6.54 Å². The molecule has 1 heterocycles. The van der Waals surface area contributed by atoms with Crippen LogP contribution in [0.25, 0.3) is 0 Å². The number of fused-ring (bicyclic) bond motifs is 1. The number of nitrogens with zero attached hydrogens (tertiary/aromatic N) is 1. The van der Waals surface area contributed by atoms with Crippen molar-refractivity contribution >= 4 is 11.6 Å². The molecule has 17 heavy (non-hydrogen) atoms. The summed E-state index contributed by atoms with van der Waals surface area (Å²) >= 11 is 0. The van der Waals surface area contributed by atoms with Gasteiger partial charge in [0.2, 0.25) is 0 Å². The summed E-state index contributed by atoms with van der Waals surface area (Å²) in [4.78, 5) is 13.8. The minimum Gasteiger partial charge on any atom is -0.375 e. The van der Waals surface area contributed by atoms with Crippen molar-refractivity contribution in [1.29, 1.82) is 0 Å². The second-order valence-electron chi connectivity index (χ2n) is 4.35. The summed E-state index contributed by atoms with van der Waals surface area (Å²) in [5.41, 5.74) is 2.15. The van der Waals surface area contributed by atoms with Crippen molar-refractivity contribution in [3.63, 3.8) is 0 Å². The monoisotopic (exact) mass is 234 g/mol. The maximum absolute atomic E-state index is 12.0. The van der Waals surface area contributed by atoms with Crippen LogP contribution in [-0.4, -0.2) is 32.2 Å². The summed E-state index contributed by atoms with van der Waals surface area (Å²) < 4.78 is 4.94. The predicted molar refractivity (Wildman–Crippen MR) is 67.0 cm³/mol. The molecule has 4 nitrogen and oxygen atoms in total. The summed E-state index contributed by atoms with van der Waals surface area (Å²) in [6.45, 7) is 3.69. The Kier molecular flexibility index (Phi) is 3.76. The second-order valence-corrected chi connectivity index (χ2v) is 4.35. The van der Waals surface area contributed by atoms with Crippen LogP contribution >= 0.6 is 0 Å². The van der Waals surface area contributed by atoms with Crippen LogP contribution in [-0.2, 0) is 16.1 Å². The average molecular weight is 234 g/mol. The molecule has 92 valence electrons. The van der Waals surface area contributed by atoms with E-state index in [4.69, 9.17) is 4.74 Å². The Balaban J connectivity index is 2.32. The lowest BCUT2D eigenvalue weighted by Crippen LogP contribution is -2.41. The Morgan fingerprint density at radius 1 is 1.53 bits per heavy atom. The van der Waals surface area contributed by atoms with Crippen LogP contribution in [0.2, 0.25) is 0 Å². The molecule has 0 bridgehead atoms. The molecule has 2 rings (SSSR count). The van der Waals surface area contributed by atoms with Gasteiger partial charge in [0.25, 0.3) is 5.91 Å². The fraction of sp³-hybridized carbons (Fsp3) is 0.462. The molecule has 0 spiro atoms. The third-order valence-corrected chi connectivity index (χ3v) is 2.95. The number of methoxy groups -OCH3 is 1. The lowest BCUT2D eigenvalue weighted by molar-refractivity contribution is -0.122. The van der Waals surface area contributed by atoms with Crippen LogP contribution in [0.1, 0.15) is 12.5 Å². The van der Waals surface area contributed by atoms with Gasteiger partial charge in [-0.1, -0.05) is 18.2 Å². The zero-order valence-electron chi connectivity index (χ0n) is 10.3. The largest absolute Gasteiger partial charge is 0.375 e. The van der Waals surface area contributed by atoms with Crippen LogP contribution < -0.4 is 10.2 Å². The van der Waals surface area contributed by atoms with E-state index in [-0.39, 0.29) is 18.6 Å². The molecule has 0 saturated heterocycles. The smallest absolute Gasteiger partial charge is 0.253 e. The van der Waals surface area contributed by atoms with E-state index in [1.165, 1.54) is 0 Å². The highest BCUT2D eigenvalue weighted by molar-refractivity contribution is 5.95. The zero-order valence-corrected chi connectivity index (χ0v) is 10.3. The van der Waals surface area contributed by atoms with Crippen molar-refractivity contribution in [3.05, 3.63) is 29.8 Å². The van der Waals surface area contributed by atoms with E-state index in [2.05, 4.69) is 12.2 Å². The summed E-state index contributed by atoms with van der Waals surface area (Å²) in [6, 6.07) is 8.27. The first-order valence-corrected chi connectivity index (χ1v) is 5.83. The molecule has 4 heteroatoms. The normalized spacial score (nSPS) is 19.6. The van der Waals surface area contributed by atoms with Gasteiger partial charge in [0.1, 0.15) is 6.61 Å². The minimum atomic E-state index is 0.00972. The standard InChI is InChI=1S/C13H18N2O2/c1-10-8-15(13(16)9-17-2)12-6-4-3-5-11(12)7-14-10/h3-6,10,14H,7-9H2,1-2H3. The number of hydrogen-bond acceptors (Lipinski definition) is 3. The summed E-state index contributed by atoms with van der Waals surface area (Å²) in [6.07, 6.45) is 0. The molecule has 0 saturated carbocycles. The average Bonchev–Trinajstić information content (AvgIpc) is 2.50. The molecule has 1 aromatic rings. The highest BCUT2D eigenvalue weighted by Gasteiger charge is 2.23. The van der Waals surface area contributed by atoms with Crippen LogP contribution in [0.5, 0.6) is 0 Å². The number of amides is 1. The molecule has 1 N–H and O–H groups in total. The fourth-order valence-corrected chi connectivity index (χ4v) is 2.08. The van der Waals surface area contributed by atoms with Gasteiger partial charge in [0, 0.05) is 31.9 Å². The molecule has 0 radical (unpaired) electrons. The second kappa shape index (κ2) is 5.29. The van der Waals surface area contributed by atoms with E-state index in [0.717, 1.165) is 17.8 Å². The first kappa shape index (κ1) is 12.1. The number of rotatable bonds is 2. The van der Waals surface area contributed by atoms with Crippen LogP contribution in [0.15, 0.2) is 24.3 Å². The topological polar surface area (TPSA) is 41.6 Å². The Morgan fingerprint density at radius 3 is 3.06 bits per heavy atom. The number of ether oxygens (including phenoxy) is 1. The molecule has 1 amide bonds. The lowest BCUT2D eigenvalue weighted by Gasteiger charge is -2.24. The van der Waals surface area contributed by atoms with Gasteiger partial charge in [-0.3, -0.25) is 4.79 Å². The molecular weight excluding hydrogens is 216 g/mol. The maximum Gasteiger partial charge on any atom is 0.253 e. The van der Waals surface area contributed by atoms with Crippen molar-refractivity contribution in [2.24, 2.45) is 0 Å². The first-order valence-electron chi connectivity index (χ1n) is 5.83. The molecule has 0 aliphatic carbocycles. The Morgan fingerprint density at radius 2 is 2.29 bits per heavy atom. The molecule has 0 fully saturated rings. The van der Waals surface area contributed by atoms with Crippen LogP contribution in [0.4, 0.5) is 5.69 Å². The van der Waals surface area contributed by atoms with Gasteiger partial charge >= 0.3 is 0 Å². The van der Waals surface area contributed by atoms with E-state index >= 15 is 0 Å². The van der Waals surface area contributed by atoms with Gasteiger partial charge in [-0.2, -0.15) is 0 Å². The molecule has 0 aromatic heterocycles. The number of anilines is 1. The van der Waals surface area contributed by atoms with E-state index in [1.54, 1.807) is 7.11 Å². The molecular formula is C13H18N2O2. The van der Waals surface area contributed by atoms with Gasteiger partial charge < -0.3 is 15.0 Å². The zero-order chi connectivity index (χ0) is 12.3. The highest BCUT2D eigenvalue weighted by Crippen LogP contribution is 2.23. The van der Waals surface area contributed by atoms with Gasteiger partial charge in [-0.15, -0.1) is 0 Å². The van der Waals surface area contributed by atoms with Crippen molar-refractivity contribution < 1.29 is 9.53 Å². The Bertz CT molecular complexity index is 406. The number of carbonyl (C=O) groups is 1. The minimum absolute atomic E-state index is 0.00972. The fourth-order valence-electron chi connectivity index (χ4n) is 2.08. The Hall–Kier alpha value is -1.39. The van der Waals surface area contributed by atoms with E-state index in [1.807, 2.05) is 29.2 Å². The maximum atomic E-state index is 12.0. The molecule has 1 aliphatic heterocycles. The van der Waals surface area contributed by atoms with Gasteiger partial charge in [0.15, 0.2) is 0 Å². The molecule has 1 atom stereocenters. The van der Waals surface area contributed by atoms with Gasteiger partial charge in [0.05, 0.1) is 0 Å². The van der Waals surface area contributed by atoms with Crippen LogP contribution in [0.3, 0.4) is 0 Å². The number of para-hydroxylation sites is 1. The summed E-state index contributed by atoms with van der Waals surface area (Å²) in [5.74, 6) is 0.00972.